The van der Waals surface area contributed by atoms with Crippen LogP contribution in [0.15, 0.2) is 18.2 Å². The van der Waals surface area contributed by atoms with Gasteiger partial charge in [-0.3, -0.25) is 0 Å². The maximum atomic E-state index is 5.74. The summed E-state index contributed by atoms with van der Waals surface area (Å²) in [6.45, 7) is 0.702. The molecule has 1 aromatic carbocycles. The van der Waals surface area contributed by atoms with Gasteiger partial charge < -0.3 is 10.1 Å². The lowest BCUT2D eigenvalue weighted by atomic mass is 9.87. The zero-order valence-electron chi connectivity index (χ0n) is 11.0. The standard InChI is InChI=1S/C16H21NO/c1-3-4-5-11-18-14-10-9-13-7-6-8-16(17-2)15(13)12-14/h1,9-10,12,16-17H,4-8,11H2,2H3. The van der Waals surface area contributed by atoms with Crippen molar-refractivity contribution >= 4 is 0 Å². The second-order valence-corrected chi connectivity index (χ2v) is 4.75. The highest BCUT2D eigenvalue weighted by Crippen LogP contribution is 2.32. The van der Waals surface area contributed by atoms with Crippen LogP contribution in [0.5, 0.6) is 5.75 Å². The minimum Gasteiger partial charge on any atom is -0.494 e. The van der Waals surface area contributed by atoms with Crippen molar-refractivity contribution in [3.05, 3.63) is 29.3 Å². The Labute approximate surface area is 110 Å². The van der Waals surface area contributed by atoms with Crippen LogP contribution in [0, 0.1) is 12.3 Å². The Balaban J connectivity index is 2.03. The topological polar surface area (TPSA) is 21.3 Å². The Hall–Kier alpha value is -1.46. The Morgan fingerprint density at radius 2 is 2.39 bits per heavy atom. The van der Waals surface area contributed by atoms with Gasteiger partial charge in [-0.05, 0) is 56.0 Å². The fourth-order valence-electron chi connectivity index (χ4n) is 2.53. The lowest BCUT2D eigenvalue weighted by Crippen LogP contribution is -2.21. The van der Waals surface area contributed by atoms with Crippen LogP contribution < -0.4 is 10.1 Å². The predicted octanol–water partition coefficient (Wildman–Crippen LogP) is 3.08. The van der Waals surface area contributed by atoms with Gasteiger partial charge in [-0.25, -0.2) is 0 Å². The van der Waals surface area contributed by atoms with E-state index in [4.69, 9.17) is 11.2 Å². The highest BCUT2D eigenvalue weighted by Gasteiger charge is 2.18. The molecule has 2 rings (SSSR count). The van der Waals surface area contributed by atoms with Crippen LogP contribution in [0.3, 0.4) is 0 Å². The first-order chi connectivity index (χ1) is 8.85. The van der Waals surface area contributed by atoms with Crippen molar-refractivity contribution in [2.75, 3.05) is 13.7 Å². The van der Waals surface area contributed by atoms with Gasteiger partial charge in [-0.1, -0.05) is 6.07 Å². The number of hydrogen-bond acceptors (Lipinski definition) is 2. The summed E-state index contributed by atoms with van der Waals surface area (Å²) in [6.07, 6.45) is 10.6. The third kappa shape index (κ3) is 3.05. The predicted molar refractivity (Wildman–Crippen MR) is 74.7 cm³/mol. The fraction of sp³-hybridized carbons (Fsp3) is 0.500. The van der Waals surface area contributed by atoms with Crippen molar-refractivity contribution in [3.63, 3.8) is 0 Å². The van der Waals surface area contributed by atoms with E-state index in [1.54, 1.807) is 0 Å². The van der Waals surface area contributed by atoms with E-state index in [0.29, 0.717) is 12.6 Å². The van der Waals surface area contributed by atoms with Gasteiger partial charge in [0, 0.05) is 12.5 Å². The summed E-state index contributed by atoms with van der Waals surface area (Å²) in [4.78, 5) is 0. The number of terminal acetylenes is 1. The molecule has 0 saturated heterocycles. The lowest BCUT2D eigenvalue weighted by Gasteiger charge is -2.25. The largest absolute Gasteiger partial charge is 0.494 e. The molecule has 2 nitrogen and oxygen atoms in total. The van der Waals surface area contributed by atoms with Crippen molar-refractivity contribution < 1.29 is 4.74 Å². The minimum absolute atomic E-state index is 0.475. The van der Waals surface area contributed by atoms with E-state index in [1.165, 1.54) is 30.4 Å². The lowest BCUT2D eigenvalue weighted by molar-refractivity contribution is 0.311. The molecule has 1 aromatic rings. The van der Waals surface area contributed by atoms with Crippen LogP contribution >= 0.6 is 0 Å². The van der Waals surface area contributed by atoms with Crippen molar-refractivity contribution in [1.29, 1.82) is 0 Å². The van der Waals surface area contributed by atoms with E-state index in [2.05, 4.69) is 29.4 Å². The van der Waals surface area contributed by atoms with Gasteiger partial charge in [0.15, 0.2) is 0 Å². The SMILES string of the molecule is C#CCCCOc1ccc2c(c1)C(NC)CCC2. The van der Waals surface area contributed by atoms with Crippen molar-refractivity contribution in [1.82, 2.24) is 5.32 Å². The van der Waals surface area contributed by atoms with E-state index < -0.39 is 0 Å². The van der Waals surface area contributed by atoms with Crippen LogP contribution in [0.25, 0.3) is 0 Å². The molecule has 1 N–H and O–H groups in total. The van der Waals surface area contributed by atoms with Gasteiger partial charge in [0.05, 0.1) is 6.61 Å². The fourth-order valence-corrected chi connectivity index (χ4v) is 2.53. The molecule has 0 aliphatic heterocycles. The average molecular weight is 243 g/mol. The molecule has 1 unspecified atom stereocenters. The quantitative estimate of drug-likeness (QED) is 0.634. The van der Waals surface area contributed by atoms with Crippen molar-refractivity contribution in [2.45, 2.75) is 38.1 Å². The summed E-state index contributed by atoms with van der Waals surface area (Å²) in [6, 6.07) is 6.94. The summed E-state index contributed by atoms with van der Waals surface area (Å²) < 4.78 is 5.74. The molecule has 96 valence electrons. The molecule has 2 heteroatoms. The molecule has 1 aliphatic rings. The van der Waals surface area contributed by atoms with Gasteiger partial charge in [-0.2, -0.15) is 0 Å². The van der Waals surface area contributed by atoms with Gasteiger partial charge in [0.1, 0.15) is 5.75 Å². The maximum Gasteiger partial charge on any atom is 0.119 e. The molecule has 0 amide bonds. The number of rotatable bonds is 5. The van der Waals surface area contributed by atoms with E-state index in [1.807, 2.05) is 7.05 Å². The monoisotopic (exact) mass is 243 g/mol. The first-order valence-corrected chi connectivity index (χ1v) is 6.71. The Kier molecular flexibility index (Phi) is 4.66. The first kappa shape index (κ1) is 13.0. The molecule has 0 saturated carbocycles. The van der Waals surface area contributed by atoms with Crippen LogP contribution in [-0.2, 0) is 6.42 Å². The highest BCUT2D eigenvalue weighted by molar-refractivity contribution is 5.39. The highest BCUT2D eigenvalue weighted by atomic mass is 16.5. The average Bonchev–Trinajstić information content (AvgIpc) is 2.43. The van der Waals surface area contributed by atoms with Crippen molar-refractivity contribution in [3.8, 4) is 18.1 Å². The zero-order valence-corrected chi connectivity index (χ0v) is 11.0. The third-order valence-electron chi connectivity index (χ3n) is 3.51. The zero-order chi connectivity index (χ0) is 12.8. The second-order valence-electron chi connectivity index (χ2n) is 4.75. The van der Waals surface area contributed by atoms with Crippen LogP contribution in [0.1, 0.15) is 42.9 Å². The molecule has 0 aromatic heterocycles. The summed E-state index contributed by atoms with van der Waals surface area (Å²) in [7, 11) is 2.03. The summed E-state index contributed by atoms with van der Waals surface area (Å²) in [5, 5.41) is 3.38. The molecular weight excluding hydrogens is 222 g/mol. The van der Waals surface area contributed by atoms with E-state index in [9.17, 15) is 0 Å². The third-order valence-corrected chi connectivity index (χ3v) is 3.51. The summed E-state index contributed by atoms with van der Waals surface area (Å²) in [5.74, 6) is 3.60. The second kappa shape index (κ2) is 6.47. The van der Waals surface area contributed by atoms with Gasteiger partial charge in [0.25, 0.3) is 0 Å². The molecule has 0 spiro atoms. The maximum absolute atomic E-state index is 5.74. The number of ether oxygens (including phenoxy) is 1. The molecule has 18 heavy (non-hydrogen) atoms. The minimum atomic E-state index is 0.475. The molecule has 1 aliphatic carbocycles. The van der Waals surface area contributed by atoms with Crippen LogP contribution in [0.4, 0.5) is 0 Å². The van der Waals surface area contributed by atoms with Gasteiger partial charge >= 0.3 is 0 Å². The normalized spacial score (nSPS) is 17.9. The first-order valence-electron chi connectivity index (χ1n) is 6.71. The molecular formula is C16H21NO. The summed E-state index contributed by atoms with van der Waals surface area (Å²) >= 11 is 0. The number of fused-ring (bicyclic) bond motifs is 1. The van der Waals surface area contributed by atoms with Crippen molar-refractivity contribution in [2.24, 2.45) is 0 Å². The van der Waals surface area contributed by atoms with Gasteiger partial charge in [0.2, 0.25) is 0 Å². The Morgan fingerprint density at radius 3 is 3.17 bits per heavy atom. The van der Waals surface area contributed by atoms with Crippen LogP contribution in [0.2, 0.25) is 0 Å². The Bertz CT molecular complexity index is 433. The number of nitrogens with one attached hydrogen (secondary N) is 1. The smallest absolute Gasteiger partial charge is 0.119 e. The number of aryl methyl sites for hydroxylation is 1. The van der Waals surface area contributed by atoms with E-state index >= 15 is 0 Å². The molecule has 0 radical (unpaired) electrons. The van der Waals surface area contributed by atoms with E-state index in [0.717, 1.165) is 18.6 Å². The van der Waals surface area contributed by atoms with Crippen LogP contribution in [-0.4, -0.2) is 13.7 Å². The molecule has 1 atom stereocenters. The number of hydrogen-bond donors (Lipinski definition) is 1. The molecule has 0 fully saturated rings. The molecule has 0 bridgehead atoms. The summed E-state index contributed by atoms with van der Waals surface area (Å²) in [5.41, 5.74) is 2.86. The molecule has 0 heterocycles. The number of benzene rings is 1. The van der Waals surface area contributed by atoms with E-state index in [-0.39, 0.29) is 0 Å². The Morgan fingerprint density at radius 1 is 1.50 bits per heavy atom. The van der Waals surface area contributed by atoms with Gasteiger partial charge in [-0.15, -0.1) is 12.3 Å². The number of unbranched alkanes of at least 4 members (excludes halogenated alkanes) is 1.